The Labute approximate surface area is 185 Å². The van der Waals surface area contributed by atoms with E-state index in [1.54, 1.807) is 31.2 Å². The van der Waals surface area contributed by atoms with E-state index in [1.165, 1.54) is 4.31 Å². The topological polar surface area (TPSA) is 88.9 Å². The van der Waals surface area contributed by atoms with E-state index in [0.29, 0.717) is 34.8 Å². The number of carbonyl (C=O) groups excluding carboxylic acids is 1. The van der Waals surface area contributed by atoms with Gasteiger partial charge in [-0.2, -0.15) is 0 Å². The standard InChI is InChI=1S/C24H22N2O5S/c1-3-30-19-11-5-9-17-13-20(31-24(17)19)15(2)25-22(27)14-26-18-10-4-7-16-8-6-12-21(23(16)18)32(26,28)29/h4-13,15H,3,14H2,1-2H3,(H,25,27). The first-order valence-electron chi connectivity index (χ1n) is 10.4. The Balaban J connectivity index is 1.38. The van der Waals surface area contributed by atoms with E-state index in [1.807, 2.05) is 43.3 Å². The summed E-state index contributed by atoms with van der Waals surface area (Å²) in [5, 5.41) is 5.20. The zero-order chi connectivity index (χ0) is 22.5. The largest absolute Gasteiger partial charge is 0.490 e. The van der Waals surface area contributed by atoms with Gasteiger partial charge >= 0.3 is 0 Å². The van der Waals surface area contributed by atoms with Gasteiger partial charge < -0.3 is 14.5 Å². The van der Waals surface area contributed by atoms with Crippen LogP contribution in [0.2, 0.25) is 0 Å². The molecule has 2 heterocycles. The number of para-hydroxylation sites is 1. The van der Waals surface area contributed by atoms with E-state index in [4.69, 9.17) is 9.15 Å². The molecule has 0 spiro atoms. The molecule has 3 aromatic carbocycles. The number of hydrogen-bond donors (Lipinski definition) is 1. The van der Waals surface area contributed by atoms with Crippen LogP contribution in [-0.4, -0.2) is 27.5 Å². The van der Waals surface area contributed by atoms with Crippen molar-refractivity contribution >= 4 is 43.4 Å². The third-order valence-corrected chi connectivity index (χ3v) is 7.40. The number of hydrogen-bond acceptors (Lipinski definition) is 5. The molecule has 0 aliphatic carbocycles. The highest BCUT2D eigenvalue weighted by Crippen LogP contribution is 2.41. The summed E-state index contributed by atoms with van der Waals surface area (Å²) in [7, 11) is -3.79. The Morgan fingerprint density at radius 1 is 1.09 bits per heavy atom. The smallest absolute Gasteiger partial charge is 0.265 e. The second-order valence-electron chi connectivity index (χ2n) is 7.69. The van der Waals surface area contributed by atoms with Crippen LogP contribution in [0.3, 0.4) is 0 Å². The quantitative estimate of drug-likeness (QED) is 0.471. The van der Waals surface area contributed by atoms with Gasteiger partial charge in [-0.3, -0.25) is 9.10 Å². The molecule has 1 aliphatic heterocycles. The molecule has 1 N–H and O–H groups in total. The number of sulfonamides is 1. The monoisotopic (exact) mass is 450 g/mol. The number of nitrogens with zero attached hydrogens (tertiary/aromatic N) is 1. The van der Waals surface area contributed by atoms with Gasteiger partial charge in [-0.05, 0) is 43.5 Å². The van der Waals surface area contributed by atoms with E-state index in [2.05, 4.69) is 5.32 Å². The molecule has 8 heteroatoms. The summed E-state index contributed by atoms with van der Waals surface area (Å²) in [6.45, 7) is 3.90. The third-order valence-electron chi connectivity index (χ3n) is 5.60. The van der Waals surface area contributed by atoms with Crippen LogP contribution >= 0.6 is 0 Å². The van der Waals surface area contributed by atoms with Crippen LogP contribution in [0.1, 0.15) is 25.6 Å². The molecule has 1 unspecified atom stereocenters. The van der Waals surface area contributed by atoms with Crippen molar-refractivity contribution in [2.24, 2.45) is 0 Å². The normalized spacial score (nSPS) is 15.2. The van der Waals surface area contributed by atoms with Gasteiger partial charge in [0.25, 0.3) is 10.0 Å². The van der Waals surface area contributed by atoms with Crippen LogP contribution in [0.15, 0.2) is 70.0 Å². The zero-order valence-electron chi connectivity index (χ0n) is 17.7. The molecule has 0 saturated carbocycles. The fourth-order valence-corrected chi connectivity index (χ4v) is 5.82. The second kappa shape index (κ2) is 7.56. The Hall–Kier alpha value is -3.52. The third kappa shape index (κ3) is 3.18. The maximum Gasteiger partial charge on any atom is 0.265 e. The van der Waals surface area contributed by atoms with Crippen LogP contribution < -0.4 is 14.4 Å². The summed E-state index contributed by atoms with van der Waals surface area (Å²) < 4.78 is 38.9. The highest BCUT2D eigenvalue weighted by Gasteiger charge is 2.36. The predicted octanol–water partition coefficient (Wildman–Crippen LogP) is 4.37. The number of amides is 1. The maximum atomic E-state index is 13.1. The van der Waals surface area contributed by atoms with Crippen LogP contribution in [-0.2, 0) is 14.8 Å². The van der Waals surface area contributed by atoms with Crippen molar-refractivity contribution in [3.8, 4) is 5.75 Å². The number of benzene rings is 3. The van der Waals surface area contributed by atoms with Gasteiger partial charge in [0.05, 0.1) is 23.2 Å². The molecular formula is C24H22N2O5S. The van der Waals surface area contributed by atoms with E-state index in [9.17, 15) is 13.2 Å². The lowest BCUT2D eigenvalue weighted by atomic mass is 10.1. The number of nitrogens with one attached hydrogen (secondary N) is 1. The molecule has 7 nitrogen and oxygen atoms in total. The van der Waals surface area contributed by atoms with E-state index in [0.717, 1.165) is 10.8 Å². The fraction of sp³-hybridized carbons (Fsp3) is 0.208. The van der Waals surface area contributed by atoms with Gasteiger partial charge in [0.1, 0.15) is 12.3 Å². The number of furan rings is 1. The number of rotatable bonds is 6. The van der Waals surface area contributed by atoms with Gasteiger partial charge in [-0.15, -0.1) is 0 Å². The first-order valence-corrected chi connectivity index (χ1v) is 11.8. The fourth-order valence-electron chi connectivity index (χ4n) is 4.16. The molecular weight excluding hydrogens is 428 g/mol. The van der Waals surface area contributed by atoms with E-state index >= 15 is 0 Å². The lowest BCUT2D eigenvalue weighted by Gasteiger charge is -2.19. The minimum Gasteiger partial charge on any atom is -0.490 e. The maximum absolute atomic E-state index is 13.1. The van der Waals surface area contributed by atoms with Crippen molar-refractivity contribution in [1.29, 1.82) is 0 Å². The van der Waals surface area contributed by atoms with Gasteiger partial charge in [0, 0.05) is 10.8 Å². The number of anilines is 1. The number of fused-ring (bicyclic) bond motifs is 1. The van der Waals surface area contributed by atoms with Gasteiger partial charge in [-0.1, -0.05) is 36.4 Å². The number of ether oxygens (including phenoxy) is 1. The summed E-state index contributed by atoms with van der Waals surface area (Å²) in [6, 6.07) is 17.6. The van der Waals surface area contributed by atoms with Crippen LogP contribution in [0.4, 0.5) is 5.69 Å². The van der Waals surface area contributed by atoms with Gasteiger partial charge in [0.15, 0.2) is 11.3 Å². The molecule has 0 fully saturated rings. The van der Waals surface area contributed by atoms with Gasteiger partial charge in [0.2, 0.25) is 5.91 Å². The van der Waals surface area contributed by atoms with E-state index in [-0.39, 0.29) is 11.4 Å². The van der Waals surface area contributed by atoms with Crippen molar-refractivity contribution in [1.82, 2.24) is 5.32 Å². The minimum absolute atomic E-state index is 0.229. The second-order valence-corrected chi connectivity index (χ2v) is 9.52. The predicted molar refractivity (Wildman–Crippen MR) is 122 cm³/mol. The van der Waals surface area contributed by atoms with Crippen molar-refractivity contribution in [3.05, 3.63) is 66.4 Å². The molecule has 0 radical (unpaired) electrons. The van der Waals surface area contributed by atoms with Crippen molar-refractivity contribution in [2.75, 3.05) is 17.5 Å². The Kier molecular flexibility index (Phi) is 4.82. The Morgan fingerprint density at radius 3 is 2.59 bits per heavy atom. The van der Waals surface area contributed by atoms with Crippen molar-refractivity contribution in [3.63, 3.8) is 0 Å². The first kappa shape index (κ1) is 20.4. The average molecular weight is 451 g/mol. The summed E-state index contributed by atoms with van der Waals surface area (Å²) in [5.41, 5.74) is 1.14. The molecule has 1 atom stereocenters. The number of carbonyl (C=O) groups is 1. The summed E-state index contributed by atoms with van der Waals surface area (Å²) in [6.07, 6.45) is 0. The molecule has 164 valence electrons. The van der Waals surface area contributed by atoms with Crippen LogP contribution in [0.5, 0.6) is 5.75 Å². The molecule has 1 aromatic heterocycles. The average Bonchev–Trinajstić information content (AvgIpc) is 3.30. The molecule has 5 rings (SSSR count). The Morgan fingerprint density at radius 2 is 1.81 bits per heavy atom. The SMILES string of the molecule is CCOc1cccc2cc(C(C)NC(=O)CN3c4cccc5cccc(c45)S3(=O)=O)oc12. The summed E-state index contributed by atoms with van der Waals surface area (Å²) >= 11 is 0. The molecule has 0 saturated heterocycles. The van der Waals surface area contributed by atoms with Crippen molar-refractivity contribution < 1.29 is 22.4 Å². The molecule has 1 aliphatic rings. The van der Waals surface area contributed by atoms with Gasteiger partial charge in [-0.25, -0.2) is 8.42 Å². The summed E-state index contributed by atoms with van der Waals surface area (Å²) in [5.74, 6) is 0.787. The molecule has 32 heavy (non-hydrogen) atoms. The Bertz CT molecular complexity index is 1450. The summed E-state index contributed by atoms with van der Waals surface area (Å²) in [4.78, 5) is 13.1. The van der Waals surface area contributed by atoms with Crippen LogP contribution in [0, 0.1) is 0 Å². The zero-order valence-corrected chi connectivity index (χ0v) is 18.5. The molecule has 4 aromatic rings. The highest BCUT2D eigenvalue weighted by molar-refractivity contribution is 7.93. The lowest BCUT2D eigenvalue weighted by molar-refractivity contribution is -0.120. The molecule has 0 bridgehead atoms. The van der Waals surface area contributed by atoms with Crippen molar-refractivity contribution in [2.45, 2.75) is 24.8 Å². The minimum atomic E-state index is -3.79. The van der Waals surface area contributed by atoms with E-state index < -0.39 is 22.0 Å². The first-order chi connectivity index (χ1) is 15.4. The highest BCUT2D eigenvalue weighted by atomic mass is 32.2. The molecule has 1 amide bonds. The lowest BCUT2D eigenvalue weighted by Crippen LogP contribution is -2.39. The van der Waals surface area contributed by atoms with Crippen LogP contribution in [0.25, 0.3) is 21.7 Å².